The van der Waals surface area contributed by atoms with Gasteiger partial charge in [-0.15, -0.1) is 0 Å². The first-order valence-corrected chi connectivity index (χ1v) is 11.6. The Morgan fingerprint density at radius 2 is 1.39 bits per heavy atom. The van der Waals surface area contributed by atoms with E-state index in [1.807, 2.05) is 42.5 Å². The van der Waals surface area contributed by atoms with Gasteiger partial charge in [0.2, 0.25) is 5.91 Å². The SMILES string of the molecule is O=C(Nc1ccc2cnccc2c1)c1ccc(C2CC2C(=O)Nc2ccc3cnccc3c2)cc1F. The highest BCUT2D eigenvalue weighted by atomic mass is 19.1. The zero-order valence-electron chi connectivity index (χ0n) is 19.1. The molecule has 36 heavy (non-hydrogen) atoms. The number of fused-ring (bicyclic) bond motifs is 2. The van der Waals surface area contributed by atoms with Crippen LogP contribution in [0.2, 0.25) is 0 Å². The molecule has 0 radical (unpaired) electrons. The second-order valence-corrected chi connectivity index (χ2v) is 9.01. The molecule has 2 heterocycles. The minimum Gasteiger partial charge on any atom is -0.326 e. The number of aromatic nitrogens is 2. The fourth-order valence-electron chi connectivity index (χ4n) is 4.55. The third kappa shape index (κ3) is 4.27. The fraction of sp³-hybridized carbons (Fsp3) is 0.103. The second kappa shape index (κ2) is 8.85. The Morgan fingerprint density at radius 3 is 2.03 bits per heavy atom. The number of amides is 2. The Bertz CT molecular complexity index is 1650. The molecule has 0 spiro atoms. The van der Waals surface area contributed by atoms with Gasteiger partial charge in [0, 0.05) is 52.9 Å². The first kappa shape index (κ1) is 21.9. The quantitative estimate of drug-likeness (QED) is 0.330. The lowest BCUT2D eigenvalue weighted by Gasteiger charge is -2.09. The number of rotatable bonds is 5. The summed E-state index contributed by atoms with van der Waals surface area (Å²) in [5, 5.41) is 9.58. The zero-order valence-corrected chi connectivity index (χ0v) is 19.1. The summed E-state index contributed by atoms with van der Waals surface area (Å²) in [5.41, 5.74) is 1.96. The van der Waals surface area contributed by atoms with Crippen LogP contribution in [-0.4, -0.2) is 21.8 Å². The van der Waals surface area contributed by atoms with Gasteiger partial charge in [-0.2, -0.15) is 0 Å². The zero-order chi connectivity index (χ0) is 24.6. The molecule has 6 nitrogen and oxygen atoms in total. The van der Waals surface area contributed by atoms with E-state index in [1.165, 1.54) is 12.1 Å². The van der Waals surface area contributed by atoms with Crippen LogP contribution < -0.4 is 10.6 Å². The van der Waals surface area contributed by atoms with Crippen molar-refractivity contribution in [3.63, 3.8) is 0 Å². The molecule has 0 saturated heterocycles. The summed E-state index contributed by atoms with van der Waals surface area (Å²) in [6.07, 6.45) is 7.54. The molecule has 3 aromatic carbocycles. The summed E-state index contributed by atoms with van der Waals surface area (Å²) >= 11 is 0. The van der Waals surface area contributed by atoms with E-state index in [0.717, 1.165) is 21.5 Å². The normalized spacial score (nSPS) is 16.6. The summed E-state index contributed by atoms with van der Waals surface area (Å²) in [6.45, 7) is 0. The third-order valence-corrected chi connectivity index (χ3v) is 6.60. The van der Waals surface area contributed by atoms with Crippen LogP contribution in [0.5, 0.6) is 0 Å². The largest absolute Gasteiger partial charge is 0.326 e. The highest BCUT2D eigenvalue weighted by Gasteiger charge is 2.44. The predicted octanol–water partition coefficient (Wildman–Crippen LogP) is 5.92. The van der Waals surface area contributed by atoms with Crippen molar-refractivity contribution in [1.29, 1.82) is 0 Å². The summed E-state index contributed by atoms with van der Waals surface area (Å²) < 4.78 is 14.9. The first-order valence-electron chi connectivity index (χ1n) is 11.6. The molecule has 2 N–H and O–H groups in total. The highest BCUT2D eigenvalue weighted by Crippen LogP contribution is 2.48. The van der Waals surface area contributed by atoms with E-state index in [0.29, 0.717) is 23.4 Å². The Balaban J connectivity index is 1.12. The number of nitrogens with one attached hydrogen (secondary N) is 2. The third-order valence-electron chi connectivity index (χ3n) is 6.60. The lowest BCUT2D eigenvalue weighted by molar-refractivity contribution is -0.117. The molecule has 1 aliphatic carbocycles. The number of hydrogen-bond donors (Lipinski definition) is 2. The molecular weight excluding hydrogens is 455 g/mol. The summed E-state index contributed by atoms with van der Waals surface area (Å²) in [7, 11) is 0. The summed E-state index contributed by atoms with van der Waals surface area (Å²) in [5.74, 6) is -1.53. The number of carbonyl (C=O) groups is 2. The van der Waals surface area contributed by atoms with Crippen molar-refractivity contribution in [2.24, 2.45) is 5.92 Å². The van der Waals surface area contributed by atoms with Gasteiger partial charge in [-0.3, -0.25) is 19.6 Å². The van der Waals surface area contributed by atoms with Crippen molar-refractivity contribution < 1.29 is 14.0 Å². The Morgan fingerprint density at radius 1 is 0.750 bits per heavy atom. The maximum atomic E-state index is 14.9. The predicted molar refractivity (Wildman–Crippen MR) is 137 cm³/mol. The fourth-order valence-corrected chi connectivity index (χ4v) is 4.55. The van der Waals surface area contributed by atoms with Gasteiger partial charge in [0.1, 0.15) is 5.82 Å². The van der Waals surface area contributed by atoms with Crippen LogP contribution in [0, 0.1) is 11.7 Å². The van der Waals surface area contributed by atoms with Crippen LogP contribution in [0.25, 0.3) is 21.5 Å². The number of hydrogen-bond acceptors (Lipinski definition) is 4. The minimum atomic E-state index is -0.607. The van der Waals surface area contributed by atoms with E-state index in [1.54, 1.807) is 36.9 Å². The number of nitrogens with zero attached hydrogens (tertiary/aromatic N) is 2. The van der Waals surface area contributed by atoms with Crippen molar-refractivity contribution in [1.82, 2.24) is 9.97 Å². The van der Waals surface area contributed by atoms with E-state index in [4.69, 9.17) is 0 Å². The van der Waals surface area contributed by atoms with Gasteiger partial charge in [0.25, 0.3) is 5.91 Å². The molecule has 2 amide bonds. The standard InChI is InChI=1S/C29H21FN4O2/c30-27-13-19(3-6-24(27)28(35)33-22-4-1-20-15-31-9-7-17(20)11-22)25-14-26(25)29(36)34-23-5-2-21-16-32-10-8-18(21)12-23/h1-13,15-16,25-26H,14H2,(H,33,35)(H,34,36). The maximum Gasteiger partial charge on any atom is 0.258 e. The van der Waals surface area contributed by atoms with Crippen molar-refractivity contribution in [2.75, 3.05) is 10.6 Å². The molecule has 6 rings (SSSR count). The van der Waals surface area contributed by atoms with E-state index < -0.39 is 11.7 Å². The van der Waals surface area contributed by atoms with Crippen LogP contribution in [0.4, 0.5) is 15.8 Å². The lowest BCUT2D eigenvalue weighted by Crippen LogP contribution is -2.15. The van der Waals surface area contributed by atoms with Gasteiger partial charge in [-0.25, -0.2) is 4.39 Å². The van der Waals surface area contributed by atoms with Gasteiger partial charge in [-0.1, -0.05) is 18.2 Å². The molecule has 1 fully saturated rings. The topological polar surface area (TPSA) is 84.0 Å². The van der Waals surface area contributed by atoms with Crippen LogP contribution in [0.3, 0.4) is 0 Å². The van der Waals surface area contributed by atoms with E-state index in [2.05, 4.69) is 20.6 Å². The Hall–Kier alpha value is -4.65. The molecular formula is C29H21FN4O2. The van der Waals surface area contributed by atoms with Crippen LogP contribution >= 0.6 is 0 Å². The van der Waals surface area contributed by atoms with Crippen molar-refractivity contribution in [2.45, 2.75) is 12.3 Å². The Labute approximate surface area is 206 Å². The van der Waals surface area contributed by atoms with Crippen molar-refractivity contribution in [3.8, 4) is 0 Å². The molecule has 0 bridgehead atoms. The van der Waals surface area contributed by atoms with Crippen LogP contribution in [-0.2, 0) is 4.79 Å². The van der Waals surface area contributed by atoms with Crippen molar-refractivity contribution in [3.05, 3.63) is 108 Å². The van der Waals surface area contributed by atoms with Gasteiger partial charge in [0.15, 0.2) is 0 Å². The molecule has 7 heteroatoms. The molecule has 1 saturated carbocycles. The van der Waals surface area contributed by atoms with Crippen molar-refractivity contribution >= 4 is 44.7 Å². The van der Waals surface area contributed by atoms with Gasteiger partial charge in [-0.05, 0) is 77.2 Å². The number of halogens is 1. The smallest absolute Gasteiger partial charge is 0.258 e. The minimum absolute atomic E-state index is 0.0409. The van der Waals surface area contributed by atoms with Gasteiger partial charge in [0.05, 0.1) is 5.56 Å². The molecule has 176 valence electrons. The number of carbonyl (C=O) groups excluding carboxylic acids is 2. The monoisotopic (exact) mass is 476 g/mol. The molecule has 1 aliphatic rings. The van der Waals surface area contributed by atoms with Gasteiger partial charge >= 0.3 is 0 Å². The maximum absolute atomic E-state index is 14.9. The summed E-state index contributed by atoms with van der Waals surface area (Å²) in [4.78, 5) is 33.6. The number of anilines is 2. The van der Waals surface area contributed by atoms with Crippen LogP contribution in [0.1, 0.15) is 28.3 Å². The summed E-state index contributed by atoms with van der Waals surface area (Å²) in [6, 6.07) is 19.4. The van der Waals surface area contributed by atoms with E-state index in [9.17, 15) is 14.0 Å². The molecule has 2 atom stereocenters. The lowest BCUT2D eigenvalue weighted by atomic mass is 10.0. The average molecular weight is 477 g/mol. The van der Waals surface area contributed by atoms with Crippen LogP contribution in [0.15, 0.2) is 91.5 Å². The molecule has 2 aromatic heterocycles. The van der Waals surface area contributed by atoms with E-state index >= 15 is 0 Å². The molecule has 0 aliphatic heterocycles. The van der Waals surface area contributed by atoms with E-state index in [-0.39, 0.29) is 23.3 Å². The molecule has 5 aromatic rings. The second-order valence-electron chi connectivity index (χ2n) is 9.01. The average Bonchev–Trinajstić information content (AvgIpc) is 3.70. The highest BCUT2D eigenvalue weighted by molar-refractivity contribution is 6.05. The Kier molecular flexibility index (Phi) is 5.37. The number of pyridine rings is 2. The molecule has 2 unspecified atom stereocenters. The number of benzene rings is 3. The first-order chi connectivity index (χ1) is 17.5. The van der Waals surface area contributed by atoms with Gasteiger partial charge < -0.3 is 10.6 Å².